The number of anilines is 1. The molecule has 2 aromatic carbocycles. The molecule has 0 bridgehead atoms. The van der Waals surface area contributed by atoms with Gasteiger partial charge in [-0.2, -0.15) is 0 Å². The van der Waals surface area contributed by atoms with E-state index in [1.807, 2.05) is 6.07 Å². The van der Waals surface area contributed by atoms with Gasteiger partial charge in [0, 0.05) is 41.2 Å². The Hall–Kier alpha value is -4.09. The smallest absolute Gasteiger partial charge is 0.264 e. The Morgan fingerprint density at radius 2 is 1.78 bits per heavy atom. The highest BCUT2D eigenvalue weighted by molar-refractivity contribution is 7.93. The Morgan fingerprint density at radius 1 is 0.938 bits per heavy atom. The summed E-state index contributed by atoms with van der Waals surface area (Å²) in [4.78, 5) is 8.34. The highest BCUT2D eigenvalue weighted by atomic mass is 32.2. The zero-order valence-electron chi connectivity index (χ0n) is 17.4. The molecule has 1 N–H and O–H groups in total. The molecule has 2 heterocycles. The van der Waals surface area contributed by atoms with Crippen LogP contribution in [0.15, 0.2) is 78.1 Å². The molecule has 0 saturated carbocycles. The minimum atomic E-state index is -4.00. The fourth-order valence-electron chi connectivity index (χ4n) is 3.14. The highest BCUT2D eigenvalue weighted by Crippen LogP contribution is 2.31. The van der Waals surface area contributed by atoms with Crippen LogP contribution in [0.5, 0.6) is 11.5 Å². The van der Waals surface area contributed by atoms with Crippen LogP contribution in [0, 0.1) is 11.8 Å². The van der Waals surface area contributed by atoms with Crippen LogP contribution in [0.2, 0.25) is 0 Å². The second-order valence-electron chi connectivity index (χ2n) is 6.67. The van der Waals surface area contributed by atoms with E-state index in [1.54, 1.807) is 54.9 Å². The molecule has 4 aromatic rings. The van der Waals surface area contributed by atoms with Gasteiger partial charge in [-0.15, -0.1) is 0 Å². The van der Waals surface area contributed by atoms with Crippen molar-refractivity contribution in [3.63, 3.8) is 0 Å². The lowest BCUT2D eigenvalue weighted by Crippen LogP contribution is -2.15. The monoisotopic (exact) mass is 445 g/mol. The summed E-state index contributed by atoms with van der Waals surface area (Å²) in [5, 5.41) is 0.597. The lowest BCUT2D eigenvalue weighted by Gasteiger charge is -2.14. The summed E-state index contributed by atoms with van der Waals surface area (Å²) in [5.41, 5.74) is 1.80. The number of nitrogens with one attached hydrogen (secondary N) is 1. The molecule has 0 aliphatic rings. The van der Waals surface area contributed by atoms with Gasteiger partial charge in [-0.25, -0.2) is 8.42 Å². The van der Waals surface area contributed by atoms with Crippen molar-refractivity contribution in [3.05, 3.63) is 84.3 Å². The van der Waals surface area contributed by atoms with Crippen molar-refractivity contribution in [2.75, 3.05) is 18.9 Å². The fourth-order valence-corrected chi connectivity index (χ4v) is 4.37. The molecule has 7 nitrogen and oxygen atoms in total. The molecule has 0 aliphatic carbocycles. The molecule has 0 fully saturated rings. The van der Waals surface area contributed by atoms with Crippen LogP contribution in [0.4, 0.5) is 5.69 Å². The minimum Gasteiger partial charge on any atom is -0.497 e. The molecule has 8 heteroatoms. The Bertz CT molecular complexity index is 1440. The highest BCUT2D eigenvalue weighted by Gasteiger charge is 2.21. The predicted octanol–water partition coefficient (Wildman–Crippen LogP) is 3.85. The number of benzene rings is 2. The molecular weight excluding hydrogens is 426 g/mol. The standard InChI is InChI=1S/C24H19N3O4S/c1-30-19-10-9-18(8-7-17-5-3-13-25-16-17)21(15-19)27-32(28,29)23-12-11-22(31-2)20-6-4-14-26-24(20)23/h3-6,9-16,27H,1-2H3. The summed E-state index contributed by atoms with van der Waals surface area (Å²) in [6.45, 7) is 0. The zero-order chi connectivity index (χ0) is 22.6. The molecule has 32 heavy (non-hydrogen) atoms. The van der Waals surface area contributed by atoms with E-state index in [0.29, 0.717) is 39.2 Å². The summed E-state index contributed by atoms with van der Waals surface area (Å²) >= 11 is 0. The fraction of sp³-hybridized carbons (Fsp3) is 0.0833. The number of ether oxygens (including phenoxy) is 2. The average Bonchev–Trinajstić information content (AvgIpc) is 2.82. The maximum atomic E-state index is 13.4. The van der Waals surface area contributed by atoms with E-state index in [0.717, 1.165) is 0 Å². The van der Waals surface area contributed by atoms with E-state index < -0.39 is 10.0 Å². The van der Waals surface area contributed by atoms with E-state index >= 15 is 0 Å². The van der Waals surface area contributed by atoms with Crippen LogP contribution in [0.1, 0.15) is 11.1 Å². The normalized spacial score (nSPS) is 10.8. The van der Waals surface area contributed by atoms with Crippen molar-refractivity contribution in [1.29, 1.82) is 0 Å². The van der Waals surface area contributed by atoms with Gasteiger partial charge in [0.2, 0.25) is 0 Å². The van der Waals surface area contributed by atoms with Gasteiger partial charge >= 0.3 is 0 Å². The third kappa shape index (κ3) is 4.33. The van der Waals surface area contributed by atoms with Gasteiger partial charge < -0.3 is 9.47 Å². The Morgan fingerprint density at radius 3 is 2.53 bits per heavy atom. The first-order valence-corrected chi connectivity index (χ1v) is 11.0. The van der Waals surface area contributed by atoms with Gasteiger partial charge in [-0.1, -0.05) is 11.8 Å². The summed E-state index contributed by atoms with van der Waals surface area (Å²) in [5.74, 6) is 7.03. The maximum absolute atomic E-state index is 13.4. The van der Waals surface area contributed by atoms with E-state index in [-0.39, 0.29) is 4.90 Å². The molecular formula is C24H19N3O4S. The quantitative estimate of drug-likeness (QED) is 0.470. The molecule has 0 saturated heterocycles. The summed E-state index contributed by atoms with van der Waals surface area (Å²) < 4.78 is 40.0. The number of hydrogen-bond donors (Lipinski definition) is 1. The van der Waals surface area contributed by atoms with Crippen molar-refractivity contribution in [2.24, 2.45) is 0 Å². The molecule has 4 rings (SSSR count). The zero-order valence-corrected chi connectivity index (χ0v) is 18.2. The van der Waals surface area contributed by atoms with Crippen LogP contribution < -0.4 is 14.2 Å². The minimum absolute atomic E-state index is 0.0305. The van der Waals surface area contributed by atoms with Crippen LogP contribution in [-0.4, -0.2) is 32.6 Å². The molecule has 0 amide bonds. The second-order valence-corrected chi connectivity index (χ2v) is 8.33. The Labute approximate surface area is 186 Å². The third-order valence-corrected chi connectivity index (χ3v) is 6.07. The number of rotatable bonds is 5. The van der Waals surface area contributed by atoms with Gasteiger partial charge in [-0.3, -0.25) is 14.7 Å². The Kier molecular flexibility index (Phi) is 5.92. The van der Waals surface area contributed by atoms with Gasteiger partial charge in [0.1, 0.15) is 16.4 Å². The number of hydrogen-bond acceptors (Lipinski definition) is 6. The number of pyridine rings is 2. The molecule has 0 aliphatic heterocycles. The van der Waals surface area contributed by atoms with Gasteiger partial charge in [0.15, 0.2) is 0 Å². The Balaban J connectivity index is 1.79. The molecule has 160 valence electrons. The lowest BCUT2D eigenvalue weighted by atomic mass is 10.1. The van der Waals surface area contributed by atoms with Crippen LogP contribution in [-0.2, 0) is 10.0 Å². The lowest BCUT2D eigenvalue weighted by molar-refractivity contribution is 0.415. The molecule has 0 unspecified atom stereocenters. The molecule has 0 spiro atoms. The average molecular weight is 446 g/mol. The van der Waals surface area contributed by atoms with Crippen LogP contribution in [0.3, 0.4) is 0 Å². The van der Waals surface area contributed by atoms with Crippen molar-refractivity contribution in [2.45, 2.75) is 4.90 Å². The maximum Gasteiger partial charge on any atom is 0.264 e. The number of methoxy groups -OCH3 is 2. The molecule has 2 aromatic heterocycles. The number of aromatic nitrogens is 2. The first-order chi connectivity index (χ1) is 15.5. The molecule has 0 radical (unpaired) electrons. The van der Waals surface area contributed by atoms with Gasteiger partial charge in [0.05, 0.1) is 25.4 Å². The van der Waals surface area contributed by atoms with Crippen molar-refractivity contribution in [3.8, 4) is 23.3 Å². The number of nitrogens with zero attached hydrogens (tertiary/aromatic N) is 2. The number of sulfonamides is 1. The number of fused-ring (bicyclic) bond motifs is 1. The second kappa shape index (κ2) is 8.96. The van der Waals surface area contributed by atoms with Crippen molar-refractivity contribution < 1.29 is 17.9 Å². The van der Waals surface area contributed by atoms with E-state index in [1.165, 1.54) is 26.5 Å². The SMILES string of the molecule is COc1ccc(C#Cc2cccnc2)c(NS(=O)(=O)c2ccc(OC)c3cccnc23)c1. The van der Waals surface area contributed by atoms with E-state index in [9.17, 15) is 8.42 Å². The van der Waals surface area contributed by atoms with Gasteiger partial charge in [0.25, 0.3) is 10.0 Å². The summed E-state index contributed by atoms with van der Waals surface area (Å²) in [6, 6.07) is 15.2. The van der Waals surface area contributed by atoms with E-state index in [4.69, 9.17) is 9.47 Å². The van der Waals surface area contributed by atoms with Crippen molar-refractivity contribution >= 4 is 26.6 Å². The topological polar surface area (TPSA) is 90.4 Å². The van der Waals surface area contributed by atoms with Gasteiger partial charge in [-0.05, 0) is 48.5 Å². The van der Waals surface area contributed by atoms with E-state index in [2.05, 4.69) is 26.5 Å². The summed E-state index contributed by atoms with van der Waals surface area (Å²) in [6.07, 6.45) is 4.83. The first kappa shape index (κ1) is 21.2. The first-order valence-electron chi connectivity index (χ1n) is 9.56. The largest absolute Gasteiger partial charge is 0.497 e. The summed E-state index contributed by atoms with van der Waals surface area (Å²) in [7, 11) is -0.964. The van der Waals surface area contributed by atoms with Crippen LogP contribution >= 0.6 is 0 Å². The van der Waals surface area contributed by atoms with Crippen molar-refractivity contribution in [1.82, 2.24) is 9.97 Å². The molecule has 0 atom stereocenters. The third-order valence-electron chi connectivity index (χ3n) is 4.68. The predicted molar refractivity (Wildman–Crippen MR) is 122 cm³/mol. The van der Waals surface area contributed by atoms with Crippen LogP contribution in [0.25, 0.3) is 10.9 Å².